The van der Waals surface area contributed by atoms with E-state index in [4.69, 9.17) is 10.5 Å². The van der Waals surface area contributed by atoms with E-state index in [0.717, 1.165) is 27.8 Å². The van der Waals surface area contributed by atoms with Gasteiger partial charge in [0.05, 0.1) is 22.9 Å². The number of thiazole rings is 1. The van der Waals surface area contributed by atoms with Crippen molar-refractivity contribution in [1.82, 2.24) is 9.36 Å². The van der Waals surface area contributed by atoms with Crippen LogP contribution in [0, 0.1) is 6.92 Å². The quantitative estimate of drug-likeness (QED) is 0.888. The molecule has 7 heteroatoms. The average Bonchev–Trinajstić information content (AvgIpc) is 2.96. The fourth-order valence-corrected chi connectivity index (χ4v) is 3.58. The highest BCUT2D eigenvalue weighted by atomic mass is 32.1. The summed E-state index contributed by atoms with van der Waals surface area (Å²) in [5, 5.41) is 4.14. The highest BCUT2D eigenvalue weighted by Gasteiger charge is 2.22. The van der Waals surface area contributed by atoms with Crippen LogP contribution in [0.25, 0.3) is 11.3 Å². The van der Waals surface area contributed by atoms with Crippen molar-refractivity contribution < 1.29 is 4.74 Å². The Hall–Kier alpha value is -1.18. The molecule has 0 radical (unpaired) electrons. The maximum atomic E-state index is 6.06. The zero-order valence-corrected chi connectivity index (χ0v) is 13.8. The topological polar surface area (TPSA) is 64.3 Å². The predicted octanol–water partition coefficient (Wildman–Crippen LogP) is 3.02. The fourth-order valence-electron chi connectivity index (χ4n) is 1.99. The van der Waals surface area contributed by atoms with Crippen LogP contribution in [0.1, 0.15) is 18.9 Å². The summed E-state index contributed by atoms with van der Waals surface area (Å²) in [5.41, 5.74) is 7.92. The minimum Gasteiger partial charge on any atom is -0.383 e. The van der Waals surface area contributed by atoms with E-state index in [2.05, 4.69) is 28.1 Å². The lowest BCUT2D eigenvalue weighted by Crippen LogP contribution is -2.33. The first kappa shape index (κ1) is 15.2. The monoisotopic (exact) mass is 312 g/mol. The van der Waals surface area contributed by atoms with Crippen molar-refractivity contribution >= 4 is 33.7 Å². The SMILES string of the molecule is COCCN(c1snc(N)c1-c1csc(C)n1)C(C)C. The van der Waals surface area contributed by atoms with Crippen LogP contribution in [0.4, 0.5) is 10.8 Å². The first-order valence-electron chi connectivity index (χ1n) is 6.47. The Labute approximate surface area is 127 Å². The molecule has 0 unspecified atom stereocenters. The van der Waals surface area contributed by atoms with E-state index >= 15 is 0 Å². The number of ether oxygens (including phenoxy) is 1. The van der Waals surface area contributed by atoms with Gasteiger partial charge in [0.1, 0.15) is 10.8 Å². The average molecular weight is 312 g/mol. The van der Waals surface area contributed by atoms with E-state index in [1.54, 1.807) is 18.4 Å². The molecule has 2 rings (SSSR count). The molecule has 0 spiro atoms. The number of aromatic nitrogens is 2. The summed E-state index contributed by atoms with van der Waals surface area (Å²) in [4.78, 5) is 6.81. The van der Waals surface area contributed by atoms with Crippen molar-refractivity contribution in [2.45, 2.75) is 26.8 Å². The first-order chi connectivity index (χ1) is 9.54. The molecule has 2 aromatic rings. The summed E-state index contributed by atoms with van der Waals surface area (Å²) in [6.45, 7) is 7.79. The minimum absolute atomic E-state index is 0.350. The number of anilines is 2. The molecule has 0 aromatic carbocycles. The minimum atomic E-state index is 0.350. The van der Waals surface area contributed by atoms with Crippen LogP contribution in [0.15, 0.2) is 5.38 Å². The molecule has 0 aliphatic carbocycles. The lowest BCUT2D eigenvalue weighted by atomic mass is 10.2. The Morgan fingerprint density at radius 3 is 2.75 bits per heavy atom. The maximum Gasteiger partial charge on any atom is 0.148 e. The largest absolute Gasteiger partial charge is 0.383 e. The Morgan fingerprint density at radius 1 is 1.45 bits per heavy atom. The van der Waals surface area contributed by atoms with E-state index in [1.807, 2.05) is 12.3 Å². The summed E-state index contributed by atoms with van der Waals surface area (Å²) in [6.07, 6.45) is 0. The third kappa shape index (κ3) is 3.11. The summed E-state index contributed by atoms with van der Waals surface area (Å²) < 4.78 is 9.51. The second-order valence-electron chi connectivity index (χ2n) is 4.78. The van der Waals surface area contributed by atoms with E-state index in [1.165, 1.54) is 11.5 Å². The number of hydrogen-bond donors (Lipinski definition) is 1. The molecule has 2 aromatic heterocycles. The van der Waals surface area contributed by atoms with Gasteiger partial charge in [-0.3, -0.25) is 0 Å². The smallest absolute Gasteiger partial charge is 0.148 e. The lowest BCUT2D eigenvalue weighted by molar-refractivity contribution is 0.204. The van der Waals surface area contributed by atoms with E-state index in [9.17, 15) is 0 Å². The Kier molecular flexibility index (Phi) is 4.95. The number of nitrogen functional groups attached to an aromatic ring is 1. The Bertz CT molecular complexity index is 564. The van der Waals surface area contributed by atoms with Crippen molar-refractivity contribution in [2.75, 3.05) is 30.9 Å². The van der Waals surface area contributed by atoms with Gasteiger partial charge < -0.3 is 15.4 Å². The number of methoxy groups -OCH3 is 1. The van der Waals surface area contributed by atoms with E-state index in [-0.39, 0.29) is 0 Å². The van der Waals surface area contributed by atoms with Gasteiger partial charge in [-0.1, -0.05) is 0 Å². The van der Waals surface area contributed by atoms with Crippen molar-refractivity contribution in [3.63, 3.8) is 0 Å². The molecule has 5 nitrogen and oxygen atoms in total. The van der Waals surface area contributed by atoms with Crippen LogP contribution in [-0.2, 0) is 4.74 Å². The van der Waals surface area contributed by atoms with Crippen LogP contribution < -0.4 is 10.6 Å². The van der Waals surface area contributed by atoms with Gasteiger partial charge in [0.2, 0.25) is 0 Å². The van der Waals surface area contributed by atoms with E-state index in [0.29, 0.717) is 18.5 Å². The van der Waals surface area contributed by atoms with Gasteiger partial charge in [-0.05, 0) is 32.3 Å². The molecular weight excluding hydrogens is 292 g/mol. The Balaban J connectivity index is 2.40. The predicted molar refractivity (Wildman–Crippen MR) is 86.7 cm³/mol. The zero-order valence-electron chi connectivity index (χ0n) is 12.2. The van der Waals surface area contributed by atoms with Gasteiger partial charge in [-0.25, -0.2) is 4.98 Å². The second kappa shape index (κ2) is 6.51. The number of aryl methyl sites for hydroxylation is 1. The third-order valence-corrected chi connectivity index (χ3v) is 4.67. The fraction of sp³-hybridized carbons (Fsp3) is 0.538. The molecule has 0 aliphatic rings. The van der Waals surface area contributed by atoms with Crippen LogP contribution in [0.2, 0.25) is 0 Å². The molecule has 2 heterocycles. The molecule has 20 heavy (non-hydrogen) atoms. The van der Waals surface area contributed by atoms with Gasteiger partial charge in [0.25, 0.3) is 0 Å². The molecule has 0 saturated heterocycles. The summed E-state index contributed by atoms with van der Waals surface area (Å²) >= 11 is 3.05. The first-order valence-corrected chi connectivity index (χ1v) is 8.13. The molecular formula is C13H20N4OS2. The van der Waals surface area contributed by atoms with Crippen LogP contribution in [-0.4, -0.2) is 35.7 Å². The normalized spacial score (nSPS) is 11.2. The molecule has 110 valence electrons. The number of nitrogens with zero attached hydrogens (tertiary/aromatic N) is 3. The molecule has 0 bridgehead atoms. The van der Waals surface area contributed by atoms with Gasteiger partial charge >= 0.3 is 0 Å². The highest BCUT2D eigenvalue weighted by molar-refractivity contribution is 7.11. The van der Waals surface area contributed by atoms with Crippen molar-refractivity contribution in [1.29, 1.82) is 0 Å². The van der Waals surface area contributed by atoms with Gasteiger partial charge in [0.15, 0.2) is 0 Å². The molecule has 0 saturated carbocycles. The Morgan fingerprint density at radius 2 is 2.20 bits per heavy atom. The van der Waals surface area contributed by atoms with E-state index < -0.39 is 0 Å². The van der Waals surface area contributed by atoms with Crippen molar-refractivity contribution in [3.05, 3.63) is 10.4 Å². The van der Waals surface area contributed by atoms with Crippen LogP contribution in [0.5, 0.6) is 0 Å². The summed E-state index contributed by atoms with van der Waals surface area (Å²) in [7, 11) is 1.71. The van der Waals surface area contributed by atoms with Gasteiger partial charge in [-0.2, -0.15) is 4.37 Å². The molecule has 0 fully saturated rings. The number of hydrogen-bond acceptors (Lipinski definition) is 7. The maximum absolute atomic E-state index is 6.06. The highest BCUT2D eigenvalue weighted by Crippen LogP contribution is 2.40. The standard InChI is InChI=1S/C13H20N4OS2/c1-8(2)17(5-6-18-4)13-11(12(14)16-20-13)10-7-19-9(3)15-10/h7-8H,5-6H2,1-4H3,(H2,14,16). The second-order valence-corrected chi connectivity index (χ2v) is 6.59. The lowest BCUT2D eigenvalue weighted by Gasteiger charge is -2.27. The number of nitrogens with two attached hydrogens (primary N) is 1. The summed E-state index contributed by atoms with van der Waals surface area (Å²) in [6, 6.07) is 0.350. The van der Waals surface area contributed by atoms with Gasteiger partial charge in [-0.15, -0.1) is 11.3 Å². The third-order valence-electron chi connectivity index (χ3n) is 3.00. The van der Waals surface area contributed by atoms with Crippen molar-refractivity contribution in [3.8, 4) is 11.3 Å². The van der Waals surface area contributed by atoms with Crippen LogP contribution in [0.3, 0.4) is 0 Å². The summed E-state index contributed by atoms with van der Waals surface area (Å²) in [5.74, 6) is 0.554. The molecule has 0 aliphatic heterocycles. The van der Waals surface area contributed by atoms with Crippen LogP contribution >= 0.6 is 22.9 Å². The molecule has 0 atom stereocenters. The molecule has 0 amide bonds. The molecule has 2 N–H and O–H groups in total. The van der Waals surface area contributed by atoms with Crippen molar-refractivity contribution in [2.24, 2.45) is 0 Å². The zero-order chi connectivity index (χ0) is 14.7. The number of rotatable bonds is 6. The van der Waals surface area contributed by atoms with Gasteiger partial charge in [0, 0.05) is 25.1 Å².